The van der Waals surface area contributed by atoms with Gasteiger partial charge in [0.1, 0.15) is 10.6 Å². The summed E-state index contributed by atoms with van der Waals surface area (Å²) in [6, 6.07) is 3.08. The van der Waals surface area contributed by atoms with Crippen LogP contribution < -0.4 is 9.80 Å². The predicted molar refractivity (Wildman–Crippen MR) is 70.3 cm³/mol. The highest BCUT2D eigenvalue weighted by atomic mass is 79.9. The summed E-state index contributed by atoms with van der Waals surface area (Å²) in [6.07, 6.45) is 2.03. The summed E-state index contributed by atoms with van der Waals surface area (Å²) < 4.78 is 23.4. The van der Waals surface area contributed by atoms with E-state index in [2.05, 4.69) is 20.9 Å². The largest absolute Gasteiger partial charge is 0.340 e. The molecular formula is C12H14BrN3O. The van der Waals surface area contributed by atoms with E-state index in [1.54, 1.807) is 19.1 Å². The molecule has 1 unspecified atom stereocenters. The van der Waals surface area contributed by atoms with Crippen LogP contribution in [0.1, 0.15) is 23.9 Å². The fourth-order valence-corrected chi connectivity index (χ4v) is 2.53. The first kappa shape index (κ1) is 8.08. The van der Waals surface area contributed by atoms with Crippen molar-refractivity contribution in [2.75, 3.05) is 16.8 Å². The van der Waals surface area contributed by atoms with Gasteiger partial charge >= 0.3 is 0 Å². The molecular weight excluding hydrogens is 282 g/mol. The van der Waals surface area contributed by atoms with Crippen molar-refractivity contribution >= 4 is 33.3 Å². The van der Waals surface area contributed by atoms with Crippen molar-refractivity contribution in [3.63, 3.8) is 0 Å². The van der Waals surface area contributed by atoms with E-state index in [4.69, 9.17) is 4.11 Å². The summed E-state index contributed by atoms with van der Waals surface area (Å²) in [5, 5.41) is 0. The van der Waals surface area contributed by atoms with Crippen LogP contribution in [0.15, 0.2) is 16.7 Å². The highest BCUT2D eigenvalue weighted by Crippen LogP contribution is 2.41. The Labute approximate surface area is 113 Å². The fourth-order valence-electron chi connectivity index (χ4n) is 2.23. The quantitative estimate of drug-likeness (QED) is 0.746. The number of nitrogens with zero attached hydrogens (tertiary/aromatic N) is 3. The molecule has 3 rings (SSSR count). The van der Waals surface area contributed by atoms with E-state index < -0.39 is 18.9 Å². The van der Waals surface area contributed by atoms with E-state index in [0.29, 0.717) is 16.1 Å². The molecule has 2 aliphatic rings. The van der Waals surface area contributed by atoms with Gasteiger partial charge < -0.3 is 9.80 Å². The minimum absolute atomic E-state index is 0.285. The maximum atomic E-state index is 12.4. The maximum absolute atomic E-state index is 12.4. The molecule has 17 heavy (non-hydrogen) atoms. The van der Waals surface area contributed by atoms with E-state index in [0.717, 1.165) is 17.7 Å². The minimum Gasteiger partial charge on any atom is -0.340 e. The van der Waals surface area contributed by atoms with Gasteiger partial charge in [-0.3, -0.25) is 4.79 Å². The van der Waals surface area contributed by atoms with E-state index in [1.165, 1.54) is 0 Å². The summed E-state index contributed by atoms with van der Waals surface area (Å²) >= 11 is 3.31. The first-order chi connectivity index (χ1) is 9.30. The van der Waals surface area contributed by atoms with Crippen LogP contribution in [-0.2, 0) is 4.79 Å². The topological polar surface area (TPSA) is 36.4 Å². The summed E-state index contributed by atoms with van der Waals surface area (Å²) in [4.78, 5) is 19.7. The van der Waals surface area contributed by atoms with E-state index in [1.807, 2.05) is 4.90 Å². The molecule has 1 atom stereocenters. The van der Waals surface area contributed by atoms with Crippen LogP contribution in [0.2, 0.25) is 0 Å². The standard InChI is InChI=1S/C12H14BrN3O/c1-7-12(17)15(2)9-5-6-10(13)14-11(9)16(7)8-3-4-8/h5-8H,3-4H2,1-2H3/i2D3. The third-order valence-electron chi connectivity index (χ3n) is 3.24. The van der Waals surface area contributed by atoms with E-state index >= 15 is 0 Å². The summed E-state index contributed by atoms with van der Waals surface area (Å²) in [6.45, 7) is -0.754. The molecule has 0 saturated heterocycles. The maximum Gasteiger partial charge on any atom is 0.249 e. The van der Waals surface area contributed by atoms with Crippen molar-refractivity contribution < 1.29 is 8.91 Å². The van der Waals surface area contributed by atoms with Gasteiger partial charge in [0.05, 0.1) is 5.69 Å². The molecule has 90 valence electrons. The molecule has 1 aliphatic heterocycles. The molecule has 5 heteroatoms. The lowest BCUT2D eigenvalue weighted by molar-refractivity contribution is -0.119. The first-order valence-corrected chi connectivity index (χ1v) is 6.39. The number of rotatable bonds is 1. The predicted octanol–water partition coefficient (Wildman–Crippen LogP) is 2.18. The zero-order chi connectivity index (χ0) is 14.7. The SMILES string of the molecule is [2H]C([2H])([2H])N1C(=O)C(C)N(C2CC2)c2nc(Br)ccc21. The molecule has 4 nitrogen and oxygen atoms in total. The van der Waals surface area contributed by atoms with Gasteiger partial charge in [0, 0.05) is 17.1 Å². The van der Waals surface area contributed by atoms with Crippen LogP contribution in [0.5, 0.6) is 0 Å². The number of fused-ring (bicyclic) bond motifs is 1. The van der Waals surface area contributed by atoms with Gasteiger partial charge in [-0.2, -0.15) is 0 Å². The molecule has 0 aromatic carbocycles. The van der Waals surface area contributed by atoms with Crippen LogP contribution in [0.3, 0.4) is 0 Å². The van der Waals surface area contributed by atoms with Gasteiger partial charge in [0.25, 0.3) is 0 Å². The number of aromatic nitrogens is 1. The fraction of sp³-hybridized carbons (Fsp3) is 0.500. The van der Waals surface area contributed by atoms with E-state index in [-0.39, 0.29) is 6.04 Å². The first-order valence-electron chi connectivity index (χ1n) is 7.09. The van der Waals surface area contributed by atoms with Crippen LogP contribution in [0.4, 0.5) is 11.5 Å². The average Bonchev–Trinajstić information content (AvgIpc) is 3.14. The Bertz CT molecular complexity index is 574. The number of hydrogen-bond donors (Lipinski definition) is 0. The van der Waals surface area contributed by atoms with Crippen LogP contribution in [0, 0.1) is 0 Å². The molecule has 0 spiro atoms. The second-order valence-electron chi connectivity index (χ2n) is 4.46. The Hall–Kier alpha value is -1.10. The van der Waals surface area contributed by atoms with E-state index in [9.17, 15) is 4.79 Å². The van der Waals surface area contributed by atoms with Crippen molar-refractivity contribution in [2.45, 2.75) is 31.8 Å². The second-order valence-corrected chi connectivity index (χ2v) is 5.28. The number of likely N-dealkylation sites (N-methyl/N-ethyl adjacent to an activating group) is 1. The summed E-state index contributed by atoms with van der Waals surface area (Å²) in [5.41, 5.74) is 0.364. The summed E-state index contributed by atoms with van der Waals surface area (Å²) in [5.74, 6) is 0.179. The van der Waals surface area contributed by atoms with Crippen molar-refractivity contribution in [1.29, 1.82) is 0 Å². The number of anilines is 2. The Balaban J connectivity index is 2.17. The van der Waals surface area contributed by atoms with Gasteiger partial charge in [0.15, 0.2) is 5.82 Å². The number of carbonyl (C=O) groups excluding carboxylic acids is 1. The molecule has 0 bridgehead atoms. The molecule has 1 saturated carbocycles. The van der Waals surface area contributed by atoms with Gasteiger partial charge in [-0.15, -0.1) is 0 Å². The Morgan fingerprint density at radius 1 is 1.53 bits per heavy atom. The van der Waals surface area contributed by atoms with Crippen LogP contribution in [0.25, 0.3) is 0 Å². The van der Waals surface area contributed by atoms with Crippen LogP contribution >= 0.6 is 15.9 Å². The highest BCUT2D eigenvalue weighted by Gasteiger charge is 2.42. The lowest BCUT2D eigenvalue weighted by Gasteiger charge is -2.39. The van der Waals surface area contributed by atoms with Gasteiger partial charge in [-0.1, -0.05) is 0 Å². The number of hydrogen-bond acceptors (Lipinski definition) is 3. The molecule has 0 radical (unpaired) electrons. The van der Waals surface area contributed by atoms with Crippen molar-refractivity contribution in [3.05, 3.63) is 16.7 Å². The smallest absolute Gasteiger partial charge is 0.249 e. The van der Waals surface area contributed by atoms with Gasteiger partial charge in [-0.05, 0) is 47.8 Å². The van der Waals surface area contributed by atoms with Crippen molar-refractivity contribution in [3.8, 4) is 0 Å². The third-order valence-corrected chi connectivity index (χ3v) is 3.68. The number of halogens is 1. The van der Waals surface area contributed by atoms with Crippen LogP contribution in [-0.4, -0.2) is 30.0 Å². The monoisotopic (exact) mass is 298 g/mol. The Morgan fingerprint density at radius 2 is 2.29 bits per heavy atom. The Morgan fingerprint density at radius 3 is 2.94 bits per heavy atom. The molecule has 2 heterocycles. The second kappa shape index (κ2) is 3.70. The van der Waals surface area contributed by atoms with Crippen molar-refractivity contribution in [2.24, 2.45) is 0 Å². The number of amides is 1. The lowest BCUT2D eigenvalue weighted by atomic mass is 10.1. The zero-order valence-corrected chi connectivity index (χ0v) is 10.9. The van der Waals surface area contributed by atoms with Gasteiger partial charge in [0.2, 0.25) is 5.91 Å². The third kappa shape index (κ3) is 1.64. The molecule has 1 aliphatic carbocycles. The van der Waals surface area contributed by atoms with Crippen molar-refractivity contribution in [1.82, 2.24) is 4.98 Å². The summed E-state index contributed by atoms with van der Waals surface area (Å²) in [7, 11) is 0. The Kier molecular flexibility index (Phi) is 1.76. The average molecular weight is 299 g/mol. The molecule has 1 fully saturated rings. The lowest BCUT2D eigenvalue weighted by Crippen LogP contribution is -2.52. The zero-order valence-electron chi connectivity index (χ0n) is 12.4. The molecule has 0 N–H and O–H groups in total. The van der Waals surface area contributed by atoms with Gasteiger partial charge in [-0.25, -0.2) is 4.98 Å². The molecule has 1 aromatic heterocycles. The minimum atomic E-state index is -2.49. The highest BCUT2D eigenvalue weighted by molar-refractivity contribution is 9.10. The molecule has 1 amide bonds. The number of carbonyl (C=O) groups is 1. The normalized spacial score (nSPS) is 27.3. The number of pyridine rings is 1. The molecule has 1 aromatic rings.